The van der Waals surface area contributed by atoms with Gasteiger partial charge in [0.05, 0.1) is 13.2 Å². The molecule has 0 aliphatic rings. The summed E-state index contributed by atoms with van der Waals surface area (Å²) >= 11 is 0. The highest BCUT2D eigenvalue weighted by atomic mass is 16.5. The van der Waals surface area contributed by atoms with Gasteiger partial charge in [0, 0.05) is 11.6 Å². The van der Waals surface area contributed by atoms with E-state index in [1.54, 1.807) is 0 Å². The van der Waals surface area contributed by atoms with E-state index in [2.05, 4.69) is 19.9 Å². The highest BCUT2D eigenvalue weighted by Crippen LogP contribution is 2.26. The zero-order valence-corrected chi connectivity index (χ0v) is 12.6. The summed E-state index contributed by atoms with van der Waals surface area (Å²) in [5, 5.41) is 9.42. The number of benzene rings is 2. The number of ether oxygens (including phenoxy) is 2. The van der Waals surface area contributed by atoms with Crippen LogP contribution in [-0.4, -0.2) is 11.7 Å². The monoisotopic (exact) mass is 286 g/mol. The summed E-state index contributed by atoms with van der Waals surface area (Å²) in [6.07, 6.45) is 0.959. The first-order valence-electron chi connectivity index (χ1n) is 7.28. The summed E-state index contributed by atoms with van der Waals surface area (Å²) in [6, 6.07) is 13.7. The van der Waals surface area contributed by atoms with Crippen molar-refractivity contribution in [2.24, 2.45) is 0 Å². The lowest BCUT2D eigenvalue weighted by molar-refractivity contribution is 0.256. The van der Waals surface area contributed by atoms with E-state index in [0.29, 0.717) is 19.0 Å². The minimum absolute atomic E-state index is 0.0445. The third kappa shape index (κ3) is 4.23. The molecule has 0 fully saturated rings. The van der Waals surface area contributed by atoms with Crippen LogP contribution < -0.4 is 9.47 Å². The van der Waals surface area contributed by atoms with Crippen molar-refractivity contribution < 1.29 is 14.6 Å². The highest BCUT2D eigenvalue weighted by Gasteiger charge is 2.07. The first kappa shape index (κ1) is 15.4. The van der Waals surface area contributed by atoms with Crippen molar-refractivity contribution in [2.75, 3.05) is 6.61 Å². The van der Waals surface area contributed by atoms with E-state index in [0.717, 1.165) is 23.3 Å². The van der Waals surface area contributed by atoms with Gasteiger partial charge in [-0.2, -0.15) is 0 Å². The molecule has 0 atom stereocenters. The van der Waals surface area contributed by atoms with E-state index in [-0.39, 0.29) is 6.61 Å². The number of aliphatic hydroxyl groups is 1. The molecule has 0 unspecified atom stereocenters. The molecular formula is C18H22O3. The fraction of sp³-hybridized carbons (Fsp3) is 0.333. The fourth-order valence-electron chi connectivity index (χ4n) is 2.04. The molecule has 1 N–H and O–H groups in total. The Kier molecular flexibility index (Phi) is 5.64. The summed E-state index contributed by atoms with van der Waals surface area (Å²) in [7, 11) is 0. The predicted molar refractivity (Wildman–Crippen MR) is 83.7 cm³/mol. The minimum Gasteiger partial charge on any atom is -0.493 e. The van der Waals surface area contributed by atoms with Gasteiger partial charge in [-0.1, -0.05) is 31.2 Å². The van der Waals surface area contributed by atoms with Gasteiger partial charge in [0.25, 0.3) is 0 Å². The highest BCUT2D eigenvalue weighted by molar-refractivity contribution is 5.40. The molecule has 2 aromatic carbocycles. The van der Waals surface area contributed by atoms with Crippen LogP contribution in [0, 0.1) is 6.92 Å². The van der Waals surface area contributed by atoms with Crippen LogP contribution in [0.2, 0.25) is 0 Å². The molecule has 0 radical (unpaired) electrons. The number of aryl methyl sites for hydroxylation is 1. The molecule has 21 heavy (non-hydrogen) atoms. The summed E-state index contributed by atoms with van der Waals surface area (Å²) in [5.74, 6) is 1.45. The number of hydrogen-bond donors (Lipinski definition) is 1. The van der Waals surface area contributed by atoms with Gasteiger partial charge < -0.3 is 14.6 Å². The van der Waals surface area contributed by atoms with Gasteiger partial charge in [0.15, 0.2) is 0 Å². The fourth-order valence-corrected chi connectivity index (χ4v) is 2.04. The summed E-state index contributed by atoms with van der Waals surface area (Å²) in [6.45, 7) is 5.24. The normalized spacial score (nSPS) is 10.4. The van der Waals surface area contributed by atoms with Crippen LogP contribution >= 0.6 is 0 Å². The minimum atomic E-state index is -0.0445. The molecule has 0 spiro atoms. The van der Waals surface area contributed by atoms with E-state index in [1.165, 1.54) is 5.56 Å². The third-order valence-corrected chi connectivity index (χ3v) is 3.33. The van der Waals surface area contributed by atoms with Crippen molar-refractivity contribution in [1.29, 1.82) is 0 Å². The average Bonchev–Trinajstić information content (AvgIpc) is 2.52. The van der Waals surface area contributed by atoms with Crippen LogP contribution in [0.5, 0.6) is 11.5 Å². The Morgan fingerprint density at radius 3 is 2.52 bits per heavy atom. The van der Waals surface area contributed by atoms with Gasteiger partial charge in [-0.3, -0.25) is 0 Å². The van der Waals surface area contributed by atoms with Crippen molar-refractivity contribution in [2.45, 2.75) is 33.5 Å². The zero-order chi connectivity index (χ0) is 15.1. The van der Waals surface area contributed by atoms with Crippen molar-refractivity contribution >= 4 is 0 Å². The predicted octanol–water partition coefficient (Wildman–Crippen LogP) is 3.86. The maximum Gasteiger partial charge on any atom is 0.129 e. The Bertz CT molecular complexity index is 578. The maximum absolute atomic E-state index is 9.42. The Balaban J connectivity index is 2.12. The SMILES string of the molecule is CCCOc1ccc(CO)c(OCc2ccccc2C)c1. The molecule has 0 amide bonds. The molecule has 0 heterocycles. The van der Waals surface area contributed by atoms with Crippen LogP contribution in [0.4, 0.5) is 0 Å². The van der Waals surface area contributed by atoms with Gasteiger partial charge in [-0.05, 0) is 36.6 Å². The third-order valence-electron chi connectivity index (χ3n) is 3.33. The molecular weight excluding hydrogens is 264 g/mol. The first-order chi connectivity index (χ1) is 10.2. The van der Waals surface area contributed by atoms with Crippen LogP contribution in [0.15, 0.2) is 42.5 Å². The van der Waals surface area contributed by atoms with E-state index in [9.17, 15) is 5.11 Å². The standard InChI is InChI=1S/C18H22O3/c1-3-10-20-17-9-8-15(12-19)18(11-17)21-13-16-7-5-4-6-14(16)2/h4-9,11,19H,3,10,12-13H2,1-2H3. The Morgan fingerprint density at radius 1 is 1.00 bits per heavy atom. The summed E-state index contributed by atoms with van der Waals surface area (Å²) < 4.78 is 11.5. The second-order valence-electron chi connectivity index (χ2n) is 4.99. The molecule has 0 saturated heterocycles. The Morgan fingerprint density at radius 2 is 1.81 bits per heavy atom. The molecule has 0 aliphatic heterocycles. The summed E-state index contributed by atoms with van der Waals surface area (Å²) in [5.41, 5.74) is 3.11. The molecule has 2 aromatic rings. The van der Waals surface area contributed by atoms with Gasteiger partial charge >= 0.3 is 0 Å². The lowest BCUT2D eigenvalue weighted by atomic mass is 10.1. The molecule has 0 saturated carbocycles. The van der Waals surface area contributed by atoms with Gasteiger partial charge in [-0.25, -0.2) is 0 Å². The van der Waals surface area contributed by atoms with Crippen LogP contribution in [0.1, 0.15) is 30.0 Å². The lowest BCUT2D eigenvalue weighted by Gasteiger charge is -2.13. The molecule has 0 aliphatic carbocycles. The number of aliphatic hydroxyl groups excluding tert-OH is 1. The van der Waals surface area contributed by atoms with E-state index >= 15 is 0 Å². The molecule has 3 nitrogen and oxygen atoms in total. The van der Waals surface area contributed by atoms with Crippen molar-refractivity contribution in [3.63, 3.8) is 0 Å². The molecule has 112 valence electrons. The maximum atomic E-state index is 9.42. The van der Waals surface area contributed by atoms with Gasteiger partial charge in [-0.15, -0.1) is 0 Å². The lowest BCUT2D eigenvalue weighted by Crippen LogP contribution is -2.02. The van der Waals surface area contributed by atoms with E-state index in [4.69, 9.17) is 9.47 Å². The molecule has 0 bridgehead atoms. The molecule has 3 heteroatoms. The largest absolute Gasteiger partial charge is 0.493 e. The number of rotatable bonds is 7. The van der Waals surface area contributed by atoms with Crippen LogP contribution in [-0.2, 0) is 13.2 Å². The average molecular weight is 286 g/mol. The molecule has 2 rings (SSSR count). The second kappa shape index (κ2) is 7.70. The van der Waals surface area contributed by atoms with Crippen molar-refractivity contribution in [1.82, 2.24) is 0 Å². The van der Waals surface area contributed by atoms with E-state index in [1.807, 2.05) is 36.4 Å². The number of hydrogen-bond acceptors (Lipinski definition) is 3. The van der Waals surface area contributed by atoms with Crippen LogP contribution in [0.3, 0.4) is 0 Å². The first-order valence-corrected chi connectivity index (χ1v) is 7.28. The Hall–Kier alpha value is -2.00. The van der Waals surface area contributed by atoms with Crippen molar-refractivity contribution in [3.8, 4) is 11.5 Å². The Labute approximate surface area is 126 Å². The molecule has 0 aromatic heterocycles. The van der Waals surface area contributed by atoms with Crippen molar-refractivity contribution in [3.05, 3.63) is 59.2 Å². The van der Waals surface area contributed by atoms with Gasteiger partial charge in [0.2, 0.25) is 0 Å². The topological polar surface area (TPSA) is 38.7 Å². The zero-order valence-electron chi connectivity index (χ0n) is 12.6. The van der Waals surface area contributed by atoms with Crippen LogP contribution in [0.25, 0.3) is 0 Å². The smallest absolute Gasteiger partial charge is 0.129 e. The summed E-state index contributed by atoms with van der Waals surface area (Å²) in [4.78, 5) is 0. The van der Waals surface area contributed by atoms with Gasteiger partial charge in [0.1, 0.15) is 18.1 Å². The van der Waals surface area contributed by atoms with E-state index < -0.39 is 0 Å². The second-order valence-corrected chi connectivity index (χ2v) is 4.99. The quantitative estimate of drug-likeness (QED) is 0.840.